The molecule has 0 fully saturated rings. The predicted molar refractivity (Wildman–Crippen MR) is 85.4 cm³/mol. The standard InChI is InChI=1S/C16H20N4O3/c1-12(19-16(23)17-9-2-4-15(21)22)13-5-7-14(8-6-13)20-11-3-10-18-20/h3,5-8,10-12H,2,4,9H2,1H3,(H,21,22)(H2,17,19,23). The second-order valence-corrected chi connectivity index (χ2v) is 5.16. The van der Waals surface area contributed by atoms with Crippen molar-refractivity contribution in [1.82, 2.24) is 20.4 Å². The first-order valence-electron chi connectivity index (χ1n) is 7.42. The van der Waals surface area contributed by atoms with E-state index in [4.69, 9.17) is 5.11 Å². The highest BCUT2D eigenvalue weighted by Crippen LogP contribution is 2.15. The van der Waals surface area contributed by atoms with Gasteiger partial charge in [-0.3, -0.25) is 4.79 Å². The van der Waals surface area contributed by atoms with Gasteiger partial charge in [-0.15, -0.1) is 0 Å². The van der Waals surface area contributed by atoms with Crippen LogP contribution in [0.4, 0.5) is 4.79 Å². The summed E-state index contributed by atoms with van der Waals surface area (Å²) >= 11 is 0. The third kappa shape index (κ3) is 5.14. The quantitative estimate of drug-likeness (QED) is 0.682. The van der Waals surface area contributed by atoms with E-state index in [1.807, 2.05) is 43.5 Å². The van der Waals surface area contributed by atoms with Crippen molar-refractivity contribution >= 4 is 12.0 Å². The van der Waals surface area contributed by atoms with Crippen LogP contribution in [0.25, 0.3) is 5.69 Å². The summed E-state index contributed by atoms with van der Waals surface area (Å²) in [7, 11) is 0. The number of carboxylic acid groups (broad SMARTS) is 1. The molecule has 1 unspecified atom stereocenters. The van der Waals surface area contributed by atoms with E-state index in [9.17, 15) is 9.59 Å². The Hall–Kier alpha value is -2.83. The zero-order chi connectivity index (χ0) is 16.7. The molecule has 3 N–H and O–H groups in total. The van der Waals surface area contributed by atoms with Crippen molar-refractivity contribution in [2.75, 3.05) is 6.54 Å². The number of nitrogens with zero attached hydrogens (tertiary/aromatic N) is 2. The number of urea groups is 1. The summed E-state index contributed by atoms with van der Waals surface area (Å²) < 4.78 is 1.76. The van der Waals surface area contributed by atoms with Crippen LogP contribution in [0.3, 0.4) is 0 Å². The number of carbonyl (C=O) groups excluding carboxylic acids is 1. The first kappa shape index (κ1) is 16.5. The molecule has 122 valence electrons. The molecule has 0 aliphatic heterocycles. The van der Waals surface area contributed by atoms with Gasteiger partial charge in [-0.25, -0.2) is 9.48 Å². The lowest BCUT2D eigenvalue weighted by atomic mass is 10.1. The van der Waals surface area contributed by atoms with E-state index in [-0.39, 0.29) is 18.5 Å². The summed E-state index contributed by atoms with van der Waals surface area (Å²) in [5, 5.41) is 18.2. The zero-order valence-electron chi connectivity index (χ0n) is 12.9. The van der Waals surface area contributed by atoms with Gasteiger partial charge in [0.15, 0.2) is 0 Å². The van der Waals surface area contributed by atoms with E-state index < -0.39 is 5.97 Å². The highest BCUT2D eigenvalue weighted by atomic mass is 16.4. The minimum absolute atomic E-state index is 0.0464. The molecule has 0 aliphatic carbocycles. The third-order valence-electron chi connectivity index (χ3n) is 3.36. The van der Waals surface area contributed by atoms with Gasteiger partial charge in [-0.2, -0.15) is 5.10 Å². The van der Waals surface area contributed by atoms with Crippen molar-refractivity contribution in [1.29, 1.82) is 0 Å². The summed E-state index contributed by atoms with van der Waals surface area (Å²) in [4.78, 5) is 22.1. The van der Waals surface area contributed by atoms with Gasteiger partial charge in [0.05, 0.1) is 11.7 Å². The van der Waals surface area contributed by atoms with Crippen LogP contribution in [0.5, 0.6) is 0 Å². The molecule has 7 heteroatoms. The number of carboxylic acids is 1. The van der Waals surface area contributed by atoms with Crippen LogP contribution < -0.4 is 10.6 Å². The number of carbonyl (C=O) groups is 2. The van der Waals surface area contributed by atoms with Gasteiger partial charge in [0.25, 0.3) is 0 Å². The number of benzene rings is 1. The number of hydrogen-bond donors (Lipinski definition) is 3. The molecule has 1 aromatic carbocycles. The summed E-state index contributed by atoms with van der Waals surface area (Å²) in [5.74, 6) is -0.863. The summed E-state index contributed by atoms with van der Waals surface area (Å²) in [6.45, 7) is 2.23. The molecule has 2 aromatic rings. The normalized spacial score (nSPS) is 11.7. The number of aliphatic carboxylic acids is 1. The van der Waals surface area contributed by atoms with E-state index in [1.165, 1.54) is 0 Å². The Balaban J connectivity index is 1.82. The second kappa shape index (κ2) is 7.98. The Morgan fingerprint density at radius 3 is 2.65 bits per heavy atom. The molecule has 0 radical (unpaired) electrons. The second-order valence-electron chi connectivity index (χ2n) is 5.16. The van der Waals surface area contributed by atoms with Crippen LogP contribution in [-0.2, 0) is 4.79 Å². The largest absolute Gasteiger partial charge is 0.481 e. The van der Waals surface area contributed by atoms with Crippen molar-refractivity contribution in [3.8, 4) is 5.69 Å². The van der Waals surface area contributed by atoms with Gasteiger partial charge in [-0.05, 0) is 37.1 Å². The van der Waals surface area contributed by atoms with E-state index in [1.54, 1.807) is 10.9 Å². The molecule has 0 saturated carbocycles. The van der Waals surface area contributed by atoms with Crippen LogP contribution >= 0.6 is 0 Å². The number of aromatic nitrogens is 2. The number of rotatable bonds is 7. The molecule has 0 aliphatic rings. The topological polar surface area (TPSA) is 96.3 Å². The first-order chi connectivity index (χ1) is 11.1. The molecule has 0 saturated heterocycles. The molecule has 0 spiro atoms. The molecule has 2 rings (SSSR count). The van der Waals surface area contributed by atoms with E-state index >= 15 is 0 Å². The Kier molecular flexibility index (Phi) is 5.74. The highest BCUT2D eigenvalue weighted by Gasteiger charge is 2.09. The number of nitrogens with one attached hydrogen (secondary N) is 2. The van der Waals surface area contributed by atoms with Crippen LogP contribution in [-0.4, -0.2) is 33.4 Å². The Morgan fingerprint density at radius 2 is 2.04 bits per heavy atom. The van der Waals surface area contributed by atoms with Gasteiger partial charge >= 0.3 is 12.0 Å². The lowest BCUT2D eigenvalue weighted by molar-refractivity contribution is -0.137. The molecule has 1 aromatic heterocycles. The Labute approximate surface area is 134 Å². The van der Waals surface area contributed by atoms with Gasteiger partial charge in [0.1, 0.15) is 0 Å². The fourth-order valence-corrected chi connectivity index (χ4v) is 2.11. The number of amides is 2. The fraction of sp³-hybridized carbons (Fsp3) is 0.312. The van der Waals surface area contributed by atoms with Gasteiger partial charge in [0, 0.05) is 25.4 Å². The molecule has 7 nitrogen and oxygen atoms in total. The van der Waals surface area contributed by atoms with Crippen LogP contribution in [0.2, 0.25) is 0 Å². The van der Waals surface area contributed by atoms with Crippen LogP contribution in [0.1, 0.15) is 31.4 Å². The molecular weight excluding hydrogens is 296 g/mol. The zero-order valence-corrected chi connectivity index (χ0v) is 12.9. The predicted octanol–water partition coefficient (Wildman–Crippen LogP) is 2.10. The first-order valence-corrected chi connectivity index (χ1v) is 7.42. The van der Waals surface area contributed by atoms with Crippen molar-refractivity contribution in [2.45, 2.75) is 25.8 Å². The molecule has 2 amide bonds. The van der Waals surface area contributed by atoms with Crippen molar-refractivity contribution in [3.63, 3.8) is 0 Å². The molecule has 23 heavy (non-hydrogen) atoms. The maximum atomic E-state index is 11.7. The SMILES string of the molecule is CC(NC(=O)NCCCC(=O)O)c1ccc(-n2cccn2)cc1. The molecular formula is C16H20N4O3. The third-order valence-corrected chi connectivity index (χ3v) is 3.36. The van der Waals surface area contributed by atoms with Crippen molar-refractivity contribution in [3.05, 3.63) is 48.3 Å². The minimum atomic E-state index is -0.863. The van der Waals surface area contributed by atoms with E-state index in [0.29, 0.717) is 13.0 Å². The van der Waals surface area contributed by atoms with Crippen LogP contribution in [0.15, 0.2) is 42.7 Å². The maximum absolute atomic E-state index is 11.7. The fourth-order valence-electron chi connectivity index (χ4n) is 2.11. The van der Waals surface area contributed by atoms with Crippen molar-refractivity contribution in [2.24, 2.45) is 0 Å². The molecule has 0 bridgehead atoms. The lowest BCUT2D eigenvalue weighted by Gasteiger charge is -2.15. The smallest absolute Gasteiger partial charge is 0.315 e. The number of hydrogen-bond acceptors (Lipinski definition) is 3. The highest BCUT2D eigenvalue weighted by molar-refractivity contribution is 5.74. The summed E-state index contributed by atoms with van der Waals surface area (Å²) in [6.07, 6.45) is 4.04. The summed E-state index contributed by atoms with van der Waals surface area (Å²) in [5.41, 5.74) is 1.92. The average Bonchev–Trinajstić information content (AvgIpc) is 3.06. The minimum Gasteiger partial charge on any atom is -0.481 e. The molecule has 1 atom stereocenters. The average molecular weight is 316 g/mol. The van der Waals surface area contributed by atoms with Gasteiger partial charge in [-0.1, -0.05) is 12.1 Å². The monoisotopic (exact) mass is 316 g/mol. The van der Waals surface area contributed by atoms with E-state index in [0.717, 1.165) is 11.3 Å². The van der Waals surface area contributed by atoms with Crippen molar-refractivity contribution < 1.29 is 14.7 Å². The summed E-state index contributed by atoms with van der Waals surface area (Å²) in [6, 6.07) is 9.14. The lowest BCUT2D eigenvalue weighted by Crippen LogP contribution is -2.37. The van der Waals surface area contributed by atoms with Crippen LogP contribution in [0, 0.1) is 0 Å². The maximum Gasteiger partial charge on any atom is 0.315 e. The Morgan fingerprint density at radius 1 is 1.30 bits per heavy atom. The van der Waals surface area contributed by atoms with Gasteiger partial charge in [0.2, 0.25) is 0 Å². The Bertz CT molecular complexity index is 638. The van der Waals surface area contributed by atoms with E-state index in [2.05, 4.69) is 15.7 Å². The molecule has 1 heterocycles. The van der Waals surface area contributed by atoms with Gasteiger partial charge < -0.3 is 15.7 Å².